The molecule has 0 heterocycles. The van der Waals surface area contributed by atoms with E-state index in [0.717, 1.165) is 24.8 Å². The molecule has 0 aliphatic heterocycles. The van der Waals surface area contributed by atoms with Crippen molar-refractivity contribution in [3.63, 3.8) is 0 Å². The van der Waals surface area contributed by atoms with Crippen LogP contribution in [0.3, 0.4) is 0 Å². The smallest absolute Gasteiger partial charge is 0.329 e. The maximum atomic E-state index is 12.7. The standard InChI is InChI=1S/C22H35NO3/c1-5-7-8-9-13-16-20(24)23(4)21(18(3)6-2)22(25)26-17-19-14-11-10-12-15-19/h10-12,14-15,18,21H,5-9,13,16-17H2,1-4H3/t18?,21-/m0/s1. The summed E-state index contributed by atoms with van der Waals surface area (Å²) in [6.45, 7) is 6.45. The fourth-order valence-corrected chi connectivity index (χ4v) is 3.02. The number of hydrogen-bond donors (Lipinski definition) is 0. The van der Waals surface area contributed by atoms with Gasteiger partial charge in [-0.2, -0.15) is 0 Å². The molecule has 146 valence electrons. The van der Waals surface area contributed by atoms with Crippen molar-refractivity contribution in [1.82, 2.24) is 4.90 Å². The predicted octanol–water partition coefficient (Wildman–Crippen LogP) is 4.96. The summed E-state index contributed by atoms with van der Waals surface area (Å²) in [4.78, 5) is 26.8. The second-order valence-corrected chi connectivity index (χ2v) is 7.09. The molecule has 0 aromatic heterocycles. The Bertz CT molecular complexity index is 529. The number of benzene rings is 1. The lowest BCUT2D eigenvalue weighted by Crippen LogP contribution is -2.47. The summed E-state index contributed by atoms with van der Waals surface area (Å²) >= 11 is 0. The van der Waals surface area contributed by atoms with E-state index in [1.807, 2.05) is 44.2 Å². The maximum absolute atomic E-state index is 12.7. The average Bonchev–Trinajstić information content (AvgIpc) is 2.66. The van der Waals surface area contributed by atoms with Gasteiger partial charge in [-0.15, -0.1) is 0 Å². The number of nitrogens with zero attached hydrogens (tertiary/aromatic N) is 1. The molecule has 4 heteroatoms. The zero-order valence-electron chi connectivity index (χ0n) is 16.9. The van der Waals surface area contributed by atoms with Gasteiger partial charge in [0, 0.05) is 13.5 Å². The molecule has 0 aliphatic carbocycles. The molecule has 4 nitrogen and oxygen atoms in total. The van der Waals surface area contributed by atoms with Gasteiger partial charge in [0.1, 0.15) is 12.6 Å². The Morgan fingerprint density at radius 2 is 1.69 bits per heavy atom. The number of carbonyl (C=O) groups excluding carboxylic acids is 2. The van der Waals surface area contributed by atoms with Crippen molar-refractivity contribution in [1.29, 1.82) is 0 Å². The fourth-order valence-electron chi connectivity index (χ4n) is 3.02. The number of amides is 1. The Morgan fingerprint density at radius 1 is 1.04 bits per heavy atom. The molecule has 2 atom stereocenters. The first-order chi connectivity index (χ1) is 12.5. The van der Waals surface area contributed by atoms with Crippen LogP contribution in [0.2, 0.25) is 0 Å². The van der Waals surface area contributed by atoms with Gasteiger partial charge in [0.2, 0.25) is 5.91 Å². The molecule has 0 bridgehead atoms. The largest absolute Gasteiger partial charge is 0.459 e. The van der Waals surface area contributed by atoms with Gasteiger partial charge < -0.3 is 9.64 Å². The molecule has 1 amide bonds. The van der Waals surface area contributed by atoms with Crippen LogP contribution in [-0.4, -0.2) is 29.9 Å². The van der Waals surface area contributed by atoms with E-state index in [9.17, 15) is 9.59 Å². The number of hydrogen-bond acceptors (Lipinski definition) is 3. The Labute approximate surface area is 158 Å². The van der Waals surface area contributed by atoms with Crippen LogP contribution in [0, 0.1) is 5.92 Å². The second kappa shape index (κ2) is 12.5. The van der Waals surface area contributed by atoms with Gasteiger partial charge in [-0.3, -0.25) is 4.79 Å². The molecular formula is C22H35NO3. The molecule has 0 aliphatic rings. The Kier molecular flexibility index (Phi) is 10.7. The molecule has 0 fully saturated rings. The van der Waals surface area contributed by atoms with Crippen LogP contribution in [0.1, 0.15) is 71.3 Å². The van der Waals surface area contributed by atoms with Gasteiger partial charge in [0.05, 0.1) is 0 Å². The lowest BCUT2D eigenvalue weighted by molar-refractivity contribution is -0.157. The highest BCUT2D eigenvalue weighted by atomic mass is 16.5. The SMILES string of the molecule is CCCCCCCC(=O)N(C)[C@H](C(=O)OCc1ccccc1)C(C)CC. The quantitative estimate of drug-likeness (QED) is 0.390. The molecule has 1 aromatic rings. The molecule has 0 saturated carbocycles. The maximum Gasteiger partial charge on any atom is 0.329 e. The number of carbonyl (C=O) groups is 2. The third-order valence-electron chi connectivity index (χ3n) is 4.95. The summed E-state index contributed by atoms with van der Waals surface area (Å²) in [7, 11) is 1.73. The molecular weight excluding hydrogens is 326 g/mol. The van der Waals surface area contributed by atoms with E-state index >= 15 is 0 Å². The van der Waals surface area contributed by atoms with E-state index in [1.54, 1.807) is 11.9 Å². The summed E-state index contributed by atoms with van der Waals surface area (Å²) in [6.07, 6.45) is 6.84. The van der Waals surface area contributed by atoms with Crippen molar-refractivity contribution in [3.8, 4) is 0 Å². The molecule has 1 rings (SSSR count). The molecule has 1 unspecified atom stereocenters. The highest BCUT2D eigenvalue weighted by molar-refractivity contribution is 5.84. The van der Waals surface area contributed by atoms with Crippen molar-refractivity contribution in [3.05, 3.63) is 35.9 Å². The minimum Gasteiger partial charge on any atom is -0.459 e. The lowest BCUT2D eigenvalue weighted by atomic mass is 9.97. The van der Waals surface area contributed by atoms with Crippen LogP contribution in [0.15, 0.2) is 30.3 Å². The highest BCUT2D eigenvalue weighted by Gasteiger charge is 2.32. The second-order valence-electron chi connectivity index (χ2n) is 7.09. The summed E-state index contributed by atoms with van der Waals surface area (Å²) in [5.74, 6) is -0.221. The lowest BCUT2D eigenvalue weighted by Gasteiger charge is -2.30. The van der Waals surface area contributed by atoms with E-state index in [2.05, 4.69) is 6.92 Å². The number of esters is 1. The van der Waals surface area contributed by atoms with Crippen molar-refractivity contribution in [2.75, 3.05) is 7.05 Å². The summed E-state index contributed by atoms with van der Waals surface area (Å²) in [5.41, 5.74) is 0.952. The van der Waals surface area contributed by atoms with Crippen molar-refractivity contribution in [2.45, 2.75) is 78.4 Å². The molecule has 26 heavy (non-hydrogen) atoms. The number of unbranched alkanes of at least 4 members (excludes halogenated alkanes) is 4. The third kappa shape index (κ3) is 7.59. The topological polar surface area (TPSA) is 46.6 Å². The van der Waals surface area contributed by atoms with Gasteiger partial charge in [-0.05, 0) is 17.9 Å². The first-order valence-electron chi connectivity index (χ1n) is 9.97. The van der Waals surface area contributed by atoms with Gasteiger partial charge >= 0.3 is 5.97 Å². The molecule has 0 saturated heterocycles. The average molecular weight is 362 g/mol. The van der Waals surface area contributed by atoms with E-state index in [1.165, 1.54) is 19.3 Å². The predicted molar refractivity (Wildman–Crippen MR) is 106 cm³/mol. The number of ether oxygens (including phenoxy) is 1. The number of rotatable bonds is 12. The Morgan fingerprint density at radius 3 is 2.31 bits per heavy atom. The molecule has 0 radical (unpaired) electrons. The van der Waals surface area contributed by atoms with E-state index in [0.29, 0.717) is 6.42 Å². The van der Waals surface area contributed by atoms with Gasteiger partial charge in [0.15, 0.2) is 0 Å². The van der Waals surface area contributed by atoms with Crippen LogP contribution in [0.4, 0.5) is 0 Å². The fraction of sp³-hybridized carbons (Fsp3) is 0.636. The van der Waals surface area contributed by atoms with Gasteiger partial charge in [-0.25, -0.2) is 4.79 Å². The monoisotopic (exact) mass is 361 g/mol. The van der Waals surface area contributed by atoms with Gasteiger partial charge in [-0.1, -0.05) is 83.2 Å². The van der Waals surface area contributed by atoms with E-state index in [-0.39, 0.29) is 24.4 Å². The van der Waals surface area contributed by atoms with Crippen LogP contribution in [-0.2, 0) is 20.9 Å². The zero-order valence-corrected chi connectivity index (χ0v) is 16.9. The first-order valence-corrected chi connectivity index (χ1v) is 9.97. The molecule has 0 N–H and O–H groups in total. The minimum atomic E-state index is -0.521. The normalized spacial score (nSPS) is 13.1. The van der Waals surface area contributed by atoms with Crippen LogP contribution >= 0.6 is 0 Å². The summed E-state index contributed by atoms with van der Waals surface area (Å²) in [5, 5.41) is 0. The summed E-state index contributed by atoms with van der Waals surface area (Å²) < 4.78 is 5.51. The van der Waals surface area contributed by atoms with E-state index in [4.69, 9.17) is 4.74 Å². The van der Waals surface area contributed by atoms with Crippen molar-refractivity contribution < 1.29 is 14.3 Å². The number of likely N-dealkylation sites (N-methyl/N-ethyl adjacent to an activating group) is 1. The zero-order chi connectivity index (χ0) is 19.4. The third-order valence-corrected chi connectivity index (χ3v) is 4.95. The van der Waals surface area contributed by atoms with Crippen molar-refractivity contribution in [2.24, 2.45) is 5.92 Å². The van der Waals surface area contributed by atoms with Crippen LogP contribution in [0.5, 0.6) is 0 Å². The van der Waals surface area contributed by atoms with Crippen LogP contribution in [0.25, 0.3) is 0 Å². The Balaban J connectivity index is 2.60. The first kappa shape index (κ1) is 22.2. The minimum absolute atomic E-state index is 0.0310. The Hall–Kier alpha value is -1.84. The van der Waals surface area contributed by atoms with E-state index < -0.39 is 6.04 Å². The molecule has 1 aromatic carbocycles. The molecule has 0 spiro atoms. The summed E-state index contributed by atoms with van der Waals surface area (Å²) in [6, 6.07) is 9.10. The highest BCUT2D eigenvalue weighted by Crippen LogP contribution is 2.18. The van der Waals surface area contributed by atoms with Crippen molar-refractivity contribution >= 4 is 11.9 Å². The van der Waals surface area contributed by atoms with Gasteiger partial charge in [0.25, 0.3) is 0 Å². The van der Waals surface area contributed by atoms with Crippen LogP contribution < -0.4 is 0 Å².